The normalized spacial score (nSPS) is 12.2. The summed E-state index contributed by atoms with van der Waals surface area (Å²) in [6, 6.07) is 0. The van der Waals surface area contributed by atoms with Crippen LogP contribution in [0.2, 0.25) is 0 Å². The van der Waals surface area contributed by atoms with Crippen LogP contribution in [0, 0.1) is 0 Å². The second-order valence-electron chi connectivity index (χ2n) is 3.64. The fourth-order valence-electron chi connectivity index (χ4n) is 1.53. The molecule has 0 spiro atoms. The van der Waals surface area contributed by atoms with E-state index in [-0.39, 0.29) is 0 Å². The topological polar surface area (TPSA) is 66.5 Å². The first kappa shape index (κ1) is 12.0. The number of aromatic amines is 1. The molecule has 0 bridgehead atoms. The fourth-order valence-corrected chi connectivity index (χ4v) is 1.53. The average molecular weight is 241 g/mol. The van der Waals surface area contributed by atoms with E-state index in [4.69, 9.17) is 0 Å². The number of nitrogens with one attached hydrogen (secondary N) is 2. The molecular formula is C13H15N5. The van der Waals surface area contributed by atoms with Crippen LogP contribution in [-0.4, -0.2) is 26.5 Å². The van der Waals surface area contributed by atoms with Crippen LogP contribution >= 0.6 is 0 Å². The Labute approximate surface area is 105 Å². The van der Waals surface area contributed by atoms with Gasteiger partial charge in [-0.1, -0.05) is 30.9 Å². The van der Waals surface area contributed by atoms with Crippen molar-refractivity contribution in [1.82, 2.24) is 19.9 Å². The lowest BCUT2D eigenvalue weighted by Gasteiger charge is -2.06. The highest BCUT2D eigenvalue weighted by Crippen LogP contribution is 2.14. The number of aromatic nitrogens is 4. The molecule has 2 N–H and O–H groups in total. The van der Waals surface area contributed by atoms with E-state index in [1.54, 1.807) is 12.4 Å². The van der Waals surface area contributed by atoms with Gasteiger partial charge in [0.2, 0.25) is 0 Å². The fraction of sp³-hybridized carbons (Fsp3) is 0.154. The van der Waals surface area contributed by atoms with Gasteiger partial charge in [0.05, 0.1) is 6.33 Å². The van der Waals surface area contributed by atoms with E-state index in [0.717, 1.165) is 16.9 Å². The van der Waals surface area contributed by atoms with Crippen molar-refractivity contribution >= 4 is 17.0 Å². The summed E-state index contributed by atoms with van der Waals surface area (Å²) in [4.78, 5) is 15.4. The summed E-state index contributed by atoms with van der Waals surface area (Å²) in [6.45, 7) is 6.33. The minimum absolute atomic E-state index is 0.663. The number of nitrogens with zero attached hydrogens (tertiary/aromatic N) is 3. The zero-order chi connectivity index (χ0) is 12.8. The molecule has 0 aliphatic heterocycles. The number of allylic oxidation sites excluding steroid dienone is 3. The van der Waals surface area contributed by atoms with Crippen molar-refractivity contribution < 1.29 is 0 Å². The molecule has 0 fully saturated rings. The SMILES string of the molecule is C=C/C=C\C(=CC)CNc1ncnc2nc[nH]c12. The van der Waals surface area contributed by atoms with Gasteiger partial charge in [0.25, 0.3) is 0 Å². The standard InChI is InChI=1S/C13H15N5/c1-3-5-6-10(4-2)7-14-12-11-13(16-8-15-11)18-9-17-12/h3-6,8-9H,1,7H2,2H3,(H2,14,15,16,17,18)/b6-5-,10-4?. The number of H-pyrrole nitrogens is 1. The van der Waals surface area contributed by atoms with Crippen molar-refractivity contribution in [3.63, 3.8) is 0 Å². The average Bonchev–Trinajstić information content (AvgIpc) is 2.88. The monoisotopic (exact) mass is 241 g/mol. The Morgan fingerprint density at radius 2 is 2.33 bits per heavy atom. The molecule has 0 amide bonds. The van der Waals surface area contributed by atoms with E-state index in [9.17, 15) is 0 Å². The maximum Gasteiger partial charge on any atom is 0.182 e. The van der Waals surface area contributed by atoms with Crippen molar-refractivity contribution in [1.29, 1.82) is 0 Å². The van der Waals surface area contributed by atoms with Crippen LogP contribution in [0.1, 0.15) is 6.92 Å². The molecule has 0 radical (unpaired) electrons. The molecule has 0 saturated carbocycles. The number of rotatable bonds is 5. The maximum absolute atomic E-state index is 4.20. The van der Waals surface area contributed by atoms with Gasteiger partial charge >= 0.3 is 0 Å². The molecule has 92 valence electrons. The van der Waals surface area contributed by atoms with E-state index in [1.807, 2.05) is 25.2 Å². The molecule has 2 aromatic rings. The van der Waals surface area contributed by atoms with Crippen molar-refractivity contribution in [2.45, 2.75) is 6.92 Å². The molecule has 5 heteroatoms. The number of fused-ring (bicyclic) bond motifs is 1. The van der Waals surface area contributed by atoms with Crippen molar-refractivity contribution in [2.24, 2.45) is 0 Å². The van der Waals surface area contributed by atoms with Crippen LogP contribution in [0.25, 0.3) is 11.2 Å². The summed E-state index contributed by atoms with van der Waals surface area (Å²) < 4.78 is 0. The first-order valence-electron chi connectivity index (χ1n) is 5.67. The molecule has 0 aromatic carbocycles. The molecular weight excluding hydrogens is 226 g/mol. The Morgan fingerprint density at radius 3 is 3.11 bits per heavy atom. The Kier molecular flexibility index (Phi) is 3.86. The van der Waals surface area contributed by atoms with E-state index in [1.165, 1.54) is 6.33 Å². The summed E-state index contributed by atoms with van der Waals surface area (Å²) in [5.41, 5.74) is 2.64. The first-order chi connectivity index (χ1) is 8.85. The highest BCUT2D eigenvalue weighted by Gasteiger charge is 2.04. The van der Waals surface area contributed by atoms with Gasteiger partial charge in [0.1, 0.15) is 11.8 Å². The third kappa shape index (κ3) is 2.63. The van der Waals surface area contributed by atoms with Crippen LogP contribution in [0.4, 0.5) is 5.82 Å². The lowest BCUT2D eigenvalue weighted by molar-refractivity contribution is 1.15. The second-order valence-corrected chi connectivity index (χ2v) is 3.64. The van der Waals surface area contributed by atoms with Gasteiger partial charge < -0.3 is 10.3 Å². The van der Waals surface area contributed by atoms with Gasteiger partial charge in [-0.25, -0.2) is 15.0 Å². The van der Waals surface area contributed by atoms with Crippen LogP contribution in [0.3, 0.4) is 0 Å². The van der Waals surface area contributed by atoms with Gasteiger partial charge in [-0.15, -0.1) is 0 Å². The minimum atomic E-state index is 0.663. The van der Waals surface area contributed by atoms with Crippen LogP contribution < -0.4 is 5.32 Å². The highest BCUT2D eigenvalue weighted by atomic mass is 15.1. The molecule has 2 rings (SSSR count). The third-order valence-corrected chi connectivity index (χ3v) is 2.50. The van der Waals surface area contributed by atoms with Gasteiger partial charge in [-0.3, -0.25) is 0 Å². The Bertz CT molecular complexity index is 594. The second kappa shape index (κ2) is 5.77. The number of anilines is 1. The minimum Gasteiger partial charge on any atom is -0.364 e. The Balaban J connectivity index is 2.12. The summed E-state index contributed by atoms with van der Waals surface area (Å²) in [5.74, 6) is 0.754. The number of hydrogen-bond donors (Lipinski definition) is 2. The Hall–Kier alpha value is -2.43. The van der Waals surface area contributed by atoms with Crippen LogP contribution in [0.5, 0.6) is 0 Å². The summed E-state index contributed by atoms with van der Waals surface area (Å²) in [6.07, 6.45) is 10.8. The highest BCUT2D eigenvalue weighted by molar-refractivity contribution is 5.82. The lowest BCUT2D eigenvalue weighted by Crippen LogP contribution is -2.05. The molecule has 0 atom stereocenters. The molecule has 5 nitrogen and oxygen atoms in total. The van der Waals surface area contributed by atoms with Crippen molar-refractivity contribution in [3.8, 4) is 0 Å². The summed E-state index contributed by atoms with van der Waals surface area (Å²) >= 11 is 0. The number of hydrogen-bond acceptors (Lipinski definition) is 4. The molecule has 0 aliphatic rings. The van der Waals surface area contributed by atoms with Gasteiger partial charge in [0, 0.05) is 6.54 Å². The zero-order valence-corrected chi connectivity index (χ0v) is 10.2. The van der Waals surface area contributed by atoms with Crippen LogP contribution in [-0.2, 0) is 0 Å². The van der Waals surface area contributed by atoms with Crippen molar-refractivity contribution in [3.05, 3.63) is 49.1 Å². The lowest BCUT2D eigenvalue weighted by atomic mass is 10.2. The van der Waals surface area contributed by atoms with Gasteiger partial charge in [-0.2, -0.15) is 0 Å². The van der Waals surface area contributed by atoms with E-state index in [2.05, 4.69) is 31.8 Å². The Morgan fingerprint density at radius 1 is 1.44 bits per heavy atom. The van der Waals surface area contributed by atoms with E-state index in [0.29, 0.717) is 12.2 Å². The molecule has 18 heavy (non-hydrogen) atoms. The predicted molar refractivity (Wildman–Crippen MR) is 73.3 cm³/mol. The number of imidazole rings is 1. The summed E-state index contributed by atoms with van der Waals surface area (Å²) in [7, 11) is 0. The van der Waals surface area contributed by atoms with Crippen LogP contribution in [0.15, 0.2) is 49.1 Å². The smallest absolute Gasteiger partial charge is 0.182 e. The summed E-state index contributed by atoms with van der Waals surface area (Å²) in [5, 5.41) is 3.26. The third-order valence-electron chi connectivity index (χ3n) is 2.50. The maximum atomic E-state index is 4.20. The molecule has 2 aromatic heterocycles. The molecule has 0 aliphatic carbocycles. The first-order valence-corrected chi connectivity index (χ1v) is 5.67. The predicted octanol–water partition coefficient (Wildman–Crippen LogP) is 2.45. The zero-order valence-electron chi connectivity index (χ0n) is 10.2. The van der Waals surface area contributed by atoms with E-state index < -0.39 is 0 Å². The molecule has 2 heterocycles. The van der Waals surface area contributed by atoms with Gasteiger partial charge in [-0.05, 0) is 12.5 Å². The largest absolute Gasteiger partial charge is 0.364 e. The molecule has 0 saturated heterocycles. The van der Waals surface area contributed by atoms with Gasteiger partial charge in [0.15, 0.2) is 11.5 Å². The van der Waals surface area contributed by atoms with Crippen molar-refractivity contribution in [2.75, 3.05) is 11.9 Å². The molecule has 0 unspecified atom stereocenters. The van der Waals surface area contributed by atoms with E-state index >= 15 is 0 Å². The quantitative estimate of drug-likeness (QED) is 0.789.